The lowest BCUT2D eigenvalue weighted by Crippen LogP contribution is -2.45. The van der Waals surface area contributed by atoms with Crippen molar-refractivity contribution in [1.82, 2.24) is 19.8 Å². The van der Waals surface area contributed by atoms with E-state index in [9.17, 15) is 13.2 Å². The van der Waals surface area contributed by atoms with Crippen molar-refractivity contribution in [3.8, 4) is 0 Å². The van der Waals surface area contributed by atoms with Crippen LogP contribution in [0.15, 0.2) is 6.20 Å². The molecule has 0 spiro atoms. The second-order valence-corrected chi connectivity index (χ2v) is 11.3. The highest BCUT2D eigenvalue weighted by atomic mass is 32.2. The molecule has 2 saturated heterocycles. The monoisotopic (exact) mass is 421 g/mol. The second-order valence-electron chi connectivity index (χ2n) is 9.05. The predicted molar refractivity (Wildman–Crippen MR) is 112 cm³/mol. The summed E-state index contributed by atoms with van der Waals surface area (Å²) in [5.74, 6) is 0.909. The van der Waals surface area contributed by atoms with Gasteiger partial charge < -0.3 is 14.7 Å². The molecule has 29 heavy (non-hydrogen) atoms. The van der Waals surface area contributed by atoms with Crippen molar-refractivity contribution in [2.24, 2.45) is 5.92 Å². The fraction of sp³-hybridized carbons (Fsp3) is 0.750. The number of likely N-dealkylation sites (N-methyl/N-ethyl adjacent to an activating group) is 1. The summed E-state index contributed by atoms with van der Waals surface area (Å²) in [5, 5.41) is -0.548. The van der Waals surface area contributed by atoms with E-state index in [1.165, 1.54) is 0 Å². The van der Waals surface area contributed by atoms with Crippen LogP contribution in [0.1, 0.15) is 43.9 Å². The lowest BCUT2D eigenvalue weighted by molar-refractivity contribution is -0.130. The lowest BCUT2D eigenvalue weighted by atomic mass is 10.00. The standard InChI is InChI=1S/C20H31N5O3S/c1-14(2)4-5-18(26)25-11-16-17(12-25)29(27,28)13-15-10-21-20(22-19(15)16)24-8-6-23(3)7-9-24/h10,14,16-17H,4-9,11-13H2,1-3H3/t16-,17+/m0/s1. The molecular formula is C20H31N5O3S. The molecular weight excluding hydrogens is 390 g/mol. The van der Waals surface area contributed by atoms with E-state index in [-0.39, 0.29) is 24.1 Å². The molecule has 0 radical (unpaired) electrons. The highest BCUT2D eigenvalue weighted by molar-refractivity contribution is 7.91. The van der Waals surface area contributed by atoms with Gasteiger partial charge in [0.1, 0.15) is 0 Å². The Balaban J connectivity index is 1.58. The summed E-state index contributed by atoms with van der Waals surface area (Å²) in [7, 11) is -1.21. The molecule has 3 aliphatic rings. The molecule has 0 aromatic carbocycles. The fourth-order valence-electron chi connectivity index (χ4n) is 4.50. The first kappa shape index (κ1) is 20.5. The second kappa shape index (κ2) is 7.83. The molecule has 9 heteroatoms. The van der Waals surface area contributed by atoms with Gasteiger partial charge in [-0.1, -0.05) is 13.8 Å². The Hall–Kier alpha value is -1.74. The maximum atomic E-state index is 12.9. The number of anilines is 1. The third-order valence-corrected chi connectivity index (χ3v) is 8.51. The van der Waals surface area contributed by atoms with Crippen LogP contribution in [0.2, 0.25) is 0 Å². The first-order valence-electron chi connectivity index (χ1n) is 10.5. The SMILES string of the molecule is CC(C)CCC(=O)N1C[C@@H]2c3nc(N4CCN(C)CC4)ncc3CS(=O)(=O)[C@@H]2C1. The average Bonchev–Trinajstić information content (AvgIpc) is 3.13. The highest BCUT2D eigenvalue weighted by Gasteiger charge is 2.48. The van der Waals surface area contributed by atoms with Crippen molar-refractivity contribution >= 4 is 21.7 Å². The molecule has 2 atom stereocenters. The third kappa shape index (κ3) is 4.12. The maximum absolute atomic E-state index is 12.9. The van der Waals surface area contributed by atoms with Gasteiger partial charge in [0.25, 0.3) is 0 Å². The average molecular weight is 422 g/mol. The number of hydrogen-bond acceptors (Lipinski definition) is 7. The summed E-state index contributed by atoms with van der Waals surface area (Å²) in [6.45, 7) is 8.55. The van der Waals surface area contributed by atoms with E-state index in [4.69, 9.17) is 4.98 Å². The number of sulfone groups is 1. The van der Waals surface area contributed by atoms with Crippen LogP contribution in [-0.4, -0.2) is 85.7 Å². The molecule has 0 saturated carbocycles. The Morgan fingerprint density at radius 2 is 1.93 bits per heavy atom. The maximum Gasteiger partial charge on any atom is 0.225 e. The predicted octanol–water partition coefficient (Wildman–Crippen LogP) is 0.887. The van der Waals surface area contributed by atoms with Gasteiger partial charge >= 0.3 is 0 Å². The fourth-order valence-corrected chi connectivity index (χ4v) is 6.49. The molecule has 1 aromatic heterocycles. The Morgan fingerprint density at radius 1 is 1.21 bits per heavy atom. The number of aromatic nitrogens is 2. The van der Waals surface area contributed by atoms with Crippen molar-refractivity contribution in [3.63, 3.8) is 0 Å². The third-order valence-electron chi connectivity index (χ3n) is 6.40. The van der Waals surface area contributed by atoms with Crippen LogP contribution in [0.4, 0.5) is 5.95 Å². The molecule has 0 N–H and O–H groups in total. The number of amides is 1. The van der Waals surface area contributed by atoms with Gasteiger partial charge in [-0.2, -0.15) is 0 Å². The van der Waals surface area contributed by atoms with Crippen molar-refractivity contribution < 1.29 is 13.2 Å². The number of piperazine rings is 1. The Bertz CT molecular complexity index is 880. The molecule has 3 aliphatic heterocycles. The van der Waals surface area contributed by atoms with E-state index in [0.717, 1.165) is 38.3 Å². The van der Waals surface area contributed by atoms with Crippen LogP contribution < -0.4 is 4.90 Å². The quantitative estimate of drug-likeness (QED) is 0.713. The van der Waals surface area contributed by atoms with E-state index in [1.807, 2.05) is 0 Å². The van der Waals surface area contributed by atoms with Gasteiger partial charge in [0.15, 0.2) is 9.84 Å². The Labute approximate surface area is 173 Å². The van der Waals surface area contributed by atoms with Gasteiger partial charge in [0.05, 0.1) is 16.7 Å². The van der Waals surface area contributed by atoms with Gasteiger partial charge in [0.2, 0.25) is 11.9 Å². The van der Waals surface area contributed by atoms with Crippen molar-refractivity contribution in [2.45, 2.75) is 43.6 Å². The van der Waals surface area contributed by atoms with Crippen LogP contribution in [0.3, 0.4) is 0 Å². The molecule has 0 aliphatic carbocycles. The lowest BCUT2D eigenvalue weighted by Gasteiger charge is -2.33. The normalized spacial score (nSPS) is 26.5. The topological polar surface area (TPSA) is 86.7 Å². The Kier molecular flexibility index (Phi) is 5.54. The molecule has 1 amide bonds. The van der Waals surface area contributed by atoms with Gasteiger partial charge in [-0.25, -0.2) is 18.4 Å². The van der Waals surface area contributed by atoms with Crippen LogP contribution >= 0.6 is 0 Å². The number of carbonyl (C=O) groups excluding carboxylic acids is 1. The number of hydrogen-bond donors (Lipinski definition) is 0. The molecule has 0 unspecified atom stereocenters. The summed E-state index contributed by atoms with van der Waals surface area (Å²) in [6.07, 6.45) is 2.98. The number of fused-ring (bicyclic) bond motifs is 3. The minimum atomic E-state index is -3.31. The Morgan fingerprint density at radius 3 is 2.62 bits per heavy atom. The van der Waals surface area contributed by atoms with Gasteiger partial charge in [-0.05, 0) is 19.4 Å². The minimum absolute atomic E-state index is 0.0272. The van der Waals surface area contributed by atoms with Gasteiger partial charge in [0, 0.05) is 63.4 Å². The molecule has 160 valence electrons. The number of rotatable bonds is 4. The molecule has 2 fully saturated rings. The van der Waals surface area contributed by atoms with E-state index in [2.05, 4.69) is 35.7 Å². The number of nitrogens with zero attached hydrogens (tertiary/aromatic N) is 5. The number of carbonyl (C=O) groups is 1. The molecule has 4 rings (SSSR count). The zero-order valence-electron chi connectivity index (χ0n) is 17.5. The highest BCUT2D eigenvalue weighted by Crippen LogP contribution is 2.39. The summed E-state index contributed by atoms with van der Waals surface area (Å²) in [5.41, 5.74) is 1.52. The molecule has 4 heterocycles. The van der Waals surface area contributed by atoms with Crippen molar-refractivity contribution in [2.75, 3.05) is 51.2 Å². The molecule has 8 nitrogen and oxygen atoms in total. The van der Waals surface area contributed by atoms with Crippen molar-refractivity contribution in [1.29, 1.82) is 0 Å². The smallest absolute Gasteiger partial charge is 0.225 e. The zero-order valence-corrected chi connectivity index (χ0v) is 18.4. The van der Waals surface area contributed by atoms with Crippen LogP contribution in [0.5, 0.6) is 0 Å². The largest absolute Gasteiger partial charge is 0.341 e. The van der Waals surface area contributed by atoms with E-state index >= 15 is 0 Å². The van der Waals surface area contributed by atoms with Gasteiger partial charge in [-0.3, -0.25) is 4.79 Å². The first-order valence-corrected chi connectivity index (χ1v) is 12.2. The van der Waals surface area contributed by atoms with E-state index < -0.39 is 15.1 Å². The number of likely N-dealkylation sites (tertiary alicyclic amines) is 1. The van der Waals surface area contributed by atoms with Crippen LogP contribution in [-0.2, 0) is 20.4 Å². The summed E-state index contributed by atoms with van der Waals surface area (Å²) >= 11 is 0. The zero-order chi connectivity index (χ0) is 20.8. The first-order chi connectivity index (χ1) is 13.7. The van der Waals surface area contributed by atoms with Gasteiger partial charge in [-0.15, -0.1) is 0 Å². The van der Waals surface area contributed by atoms with Crippen LogP contribution in [0, 0.1) is 5.92 Å². The summed E-state index contributed by atoms with van der Waals surface area (Å²) in [4.78, 5) is 28.1. The summed E-state index contributed by atoms with van der Waals surface area (Å²) < 4.78 is 25.7. The van der Waals surface area contributed by atoms with Crippen LogP contribution in [0.25, 0.3) is 0 Å². The minimum Gasteiger partial charge on any atom is -0.341 e. The molecule has 0 bridgehead atoms. The van der Waals surface area contributed by atoms with E-state index in [0.29, 0.717) is 30.4 Å². The van der Waals surface area contributed by atoms with Crippen molar-refractivity contribution in [3.05, 3.63) is 17.5 Å². The summed E-state index contributed by atoms with van der Waals surface area (Å²) in [6, 6.07) is 0. The van der Waals surface area contributed by atoms with E-state index in [1.54, 1.807) is 11.1 Å². The molecule has 1 aromatic rings.